The maximum atomic E-state index is 13.0. The van der Waals surface area contributed by atoms with Gasteiger partial charge in [0.15, 0.2) is 0 Å². The smallest absolute Gasteiger partial charge is 0.137 e. The first-order valence-corrected chi connectivity index (χ1v) is 5.41. The molecular weight excluding hydrogens is 271 g/mol. The number of aliphatic hydroxyl groups excluding tert-OH is 2. The van der Waals surface area contributed by atoms with Crippen molar-refractivity contribution in [2.24, 2.45) is 0 Å². The number of hydrogen-bond acceptors (Lipinski definition) is 3. The summed E-state index contributed by atoms with van der Waals surface area (Å²) in [5, 5.41) is 18.9. The van der Waals surface area contributed by atoms with Crippen molar-refractivity contribution in [2.45, 2.75) is 12.2 Å². The second-order valence-electron chi connectivity index (χ2n) is 2.84. The Morgan fingerprint density at radius 1 is 1.43 bits per heavy atom. The van der Waals surface area contributed by atoms with E-state index >= 15 is 0 Å². The Morgan fingerprint density at radius 2 is 2.07 bits per heavy atom. The van der Waals surface area contributed by atoms with E-state index in [2.05, 4.69) is 28.6 Å². The van der Waals surface area contributed by atoms with Crippen LogP contribution in [0.2, 0.25) is 0 Å². The molecule has 0 aliphatic heterocycles. The second-order valence-corrected chi connectivity index (χ2v) is 4.00. The Morgan fingerprint density at radius 3 is 2.64 bits per heavy atom. The fourth-order valence-electron chi connectivity index (χ4n) is 1.06. The number of benzene rings is 1. The average molecular weight is 281 g/mol. The average Bonchev–Trinajstić information content (AvgIpc) is 2.20. The Hall–Kier alpha value is -0.100. The van der Waals surface area contributed by atoms with Gasteiger partial charge in [-0.2, -0.15) is 12.6 Å². The van der Waals surface area contributed by atoms with Crippen molar-refractivity contribution in [3.63, 3.8) is 0 Å². The minimum atomic E-state index is -1.13. The van der Waals surface area contributed by atoms with Gasteiger partial charge in [0.05, 0.1) is 10.6 Å². The summed E-state index contributed by atoms with van der Waals surface area (Å²) in [6.07, 6.45) is -2.13. The molecule has 2 nitrogen and oxygen atoms in total. The molecule has 1 aromatic carbocycles. The predicted molar refractivity (Wildman–Crippen MR) is 58.9 cm³/mol. The predicted octanol–water partition coefficient (Wildman–Crippen LogP) is 1.91. The highest BCUT2D eigenvalue weighted by molar-refractivity contribution is 9.10. The molecule has 2 unspecified atom stereocenters. The lowest BCUT2D eigenvalue weighted by molar-refractivity contribution is 0.0331. The number of aliphatic hydroxyl groups is 2. The molecule has 0 aromatic heterocycles. The third kappa shape index (κ3) is 2.48. The first-order chi connectivity index (χ1) is 6.57. The standard InChI is InChI=1S/C9H10BrFO2S/c10-8-5(2-1-3-6(8)11)9(13)7(12)4-14/h1-3,7,9,12-14H,4H2. The first kappa shape index (κ1) is 12.0. The zero-order valence-electron chi connectivity index (χ0n) is 7.19. The van der Waals surface area contributed by atoms with E-state index in [0.717, 1.165) is 0 Å². The second kappa shape index (κ2) is 5.11. The normalized spacial score (nSPS) is 15.2. The lowest BCUT2D eigenvalue weighted by Crippen LogP contribution is -2.20. The highest BCUT2D eigenvalue weighted by Gasteiger charge is 2.20. The van der Waals surface area contributed by atoms with E-state index in [1.807, 2.05) is 0 Å². The largest absolute Gasteiger partial charge is 0.389 e. The Balaban J connectivity index is 3.01. The zero-order chi connectivity index (χ0) is 10.7. The van der Waals surface area contributed by atoms with Crippen molar-refractivity contribution >= 4 is 28.6 Å². The monoisotopic (exact) mass is 280 g/mol. The molecular formula is C9H10BrFO2S. The van der Waals surface area contributed by atoms with E-state index in [4.69, 9.17) is 0 Å². The molecule has 0 heterocycles. The quantitative estimate of drug-likeness (QED) is 0.741. The third-order valence-corrected chi connectivity index (χ3v) is 3.06. The van der Waals surface area contributed by atoms with E-state index in [0.29, 0.717) is 5.56 Å². The van der Waals surface area contributed by atoms with Gasteiger partial charge in [0.2, 0.25) is 0 Å². The van der Waals surface area contributed by atoms with Crippen molar-refractivity contribution in [3.8, 4) is 0 Å². The molecule has 0 radical (unpaired) electrons. The topological polar surface area (TPSA) is 40.5 Å². The van der Waals surface area contributed by atoms with E-state index in [1.54, 1.807) is 6.07 Å². The molecule has 14 heavy (non-hydrogen) atoms. The van der Waals surface area contributed by atoms with Gasteiger partial charge in [-0.05, 0) is 22.0 Å². The van der Waals surface area contributed by atoms with Crippen LogP contribution in [0.4, 0.5) is 4.39 Å². The molecule has 1 aromatic rings. The highest BCUT2D eigenvalue weighted by atomic mass is 79.9. The number of rotatable bonds is 3. The maximum absolute atomic E-state index is 13.0. The fraction of sp³-hybridized carbons (Fsp3) is 0.333. The van der Waals surface area contributed by atoms with Crippen molar-refractivity contribution in [1.29, 1.82) is 0 Å². The number of hydrogen-bond donors (Lipinski definition) is 3. The van der Waals surface area contributed by atoms with Gasteiger partial charge in [0, 0.05) is 11.3 Å². The van der Waals surface area contributed by atoms with Crippen LogP contribution in [-0.4, -0.2) is 22.1 Å². The van der Waals surface area contributed by atoms with Crippen LogP contribution < -0.4 is 0 Å². The highest BCUT2D eigenvalue weighted by Crippen LogP contribution is 2.28. The van der Waals surface area contributed by atoms with Gasteiger partial charge >= 0.3 is 0 Å². The molecule has 2 N–H and O–H groups in total. The molecule has 0 saturated heterocycles. The van der Waals surface area contributed by atoms with Gasteiger partial charge in [-0.3, -0.25) is 0 Å². The van der Waals surface area contributed by atoms with Gasteiger partial charge in [0.1, 0.15) is 11.9 Å². The van der Waals surface area contributed by atoms with Crippen LogP contribution in [0.25, 0.3) is 0 Å². The summed E-state index contributed by atoms with van der Waals surface area (Å²) < 4.78 is 13.2. The summed E-state index contributed by atoms with van der Waals surface area (Å²) in [4.78, 5) is 0. The molecule has 78 valence electrons. The molecule has 5 heteroatoms. The fourth-order valence-corrected chi connectivity index (χ4v) is 1.75. The summed E-state index contributed by atoms with van der Waals surface area (Å²) >= 11 is 6.85. The molecule has 2 atom stereocenters. The van der Waals surface area contributed by atoms with Crippen LogP contribution in [0.15, 0.2) is 22.7 Å². The van der Waals surface area contributed by atoms with Crippen molar-refractivity contribution in [2.75, 3.05) is 5.75 Å². The molecule has 1 rings (SSSR count). The summed E-state index contributed by atoms with van der Waals surface area (Å²) in [6, 6.07) is 4.29. The van der Waals surface area contributed by atoms with Crippen LogP contribution in [0.3, 0.4) is 0 Å². The maximum Gasteiger partial charge on any atom is 0.137 e. The van der Waals surface area contributed by atoms with Crippen LogP contribution in [0.1, 0.15) is 11.7 Å². The minimum absolute atomic E-state index is 0.115. The summed E-state index contributed by atoms with van der Waals surface area (Å²) in [7, 11) is 0. The van der Waals surface area contributed by atoms with Gasteiger partial charge in [-0.15, -0.1) is 0 Å². The molecule has 0 fully saturated rings. The molecule has 0 amide bonds. The summed E-state index contributed by atoms with van der Waals surface area (Å²) in [5.41, 5.74) is 0.326. The van der Waals surface area contributed by atoms with Crippen LogP contribution >= 0.6 is 28.6 Å². The lowest BCUT2D eigenvalue weighted by atomic mass is 10.1. The summed E-state index contributed by atoms with van der Waals surface area (Å²) in [6.45, 7) is 0. The molecule has 0 bridgehead atoms. The lowest BCUT2D eigenvalue weighted by Gasteiger charge is -2.17. The zero-order valence-corrected chi connectivity index (χ0v) is 9.67. The van der Waals surface area contributed by atoms with Crippen molar-refractivity contribution in [3.05, 3.63) is 34.1 Å². The number of thiol groups is 1. The Labute approximate surface area is 95.3 Å². The van der Waals surface area contributed by atoms with Gasteiger partial charge < -0.3 is 10.2 Å². The first-order valence-electron chi connectivity index (χ1n) is 3.98. The van der Waals surface area contributed by atoms with Crippen LogP contribution in [0.5, 0.6) is 0 Å². The Bertz CT molecular complexity index is 322. The van der Waals surface area contributed by atoms with Crippen LogP contribution in [0, 0.1) is 5.82 Å². The van der Waals surface area contributed by atoms with Gasteiger partial charge in [-0.25, -0.2) is 4.39 Å². The van der Waals surface area contributed by atoms with Crippen molar-refractivity contribution in [1.82, 2.24) is 0 Å². The minimum Gasteiger partial charge on any atom is -0.389 e. The van der Waals surface area contributed by atoms with E-state index in [1.165, 1.54) is 12.1 Å². The van der Waals surface area contributed by atoms with Crippen molar-refractivity contribution < 1.29 is 14.6 Å². The SMILES string of the molecule is OC(CS)C(O)c1cccc(F)c1Br. The molecule has 0 spiro atoms. The van der Waals surface area contributed by atoms with E-state index in [9.17, 15) is 14.6 Å². The summed E-state index contributed by atoms with van der Waals surface area (Å²) in [5.74, 6) is -0.350. The molecule has 0 aliphatic rings. The van der Waals surface area contributed by atoms with E-state index in [-0.39, 0.29) is 10.2 Å². The number of halogens is 2. The van der Waals surface area contributed by atoms with Gasteiger partial charge in [0.25, 0.3) is 0 Å². The third-order valence-electron chi connectivity index (χ3n) is 1.85. The van der Waals surface area contributed by atoms with E-state index < -0.39 is 18.0 Å². The molecule has 0 aliphatic carbocycles. The van der Waals surface area contributed by atoms with Gasteiger partial charge in [-0.1, -0.05) is 12.1 Å². The Kier molecular flexibility index (Phi) is 4.37. The molecule has 0 saturated carbocycles. The van der Waals surface area contributed by atoms with Crippen LogP contribution in [-0.2, 0) is 0 Å².